The Morgan fingerprint density at radius 2 is 1.74 bits per heavy atom. The summed E-state index contributed by atoms with van der Waals surface area (Å²) in [5, 5.41) is 14.4. The molecule has 5 rings (SSSR count). The van der Waals surface area contributed by atoms with Gasteiger partial charge in [0.15, 0.2) is 6.04 Å². The van der Waals surface area contributed by atoms with Gasteiger partial charge in [0.1, 0.15) is 12.1 Å². The second-order valence-electron chi connectivity index (χ2n) is 10.0. The fraction of sp³-hybridized carbons (Fsp3) is 0.345. The van der Waals surface area contributed by atoms with Crippen molar-refractivity contribution < 1.29 is 14.4 Å². The lowest BCUT2D eigenvalue weighted by molar-refractivity contribution is -0.127. The minimum Gasteiger partial charge on any atom is -0.352 e. The van der Waals surface area contributed by atoms with E-state index in [1.54, 1.807) is 28.9 Å². The number of benzene rings is 2. The van der Waals surface area contributed by atoms with E-state index >= 15 is 0 Å². The van der Waals surface area contributed by atoms with Gasteiger partial charge >= 0.3 is 0 Å². The van der Waals surface area contributed by atoms with Crippen LogP contribution in [0.2, 0.25) is 0 Å². The van der Waals surface area contributed by atoms with Crippen molar-refractivity contribution in [1.29, 1.82) is 0 Å². The Morgan fingerprint density at radius 1 is 1.00 bits per heavy atom. The number of amides is 3. The molecule has 1 atom stereocenters. The lowest BCUT2D eigenvalue weighted by atomic mass is 9.95. The minimum atomic E-state index is -0.916. The highest BCUT2D eigenvalue weighted by molar-refractivity contribution is 6.01. The first kappa shape index (κ1) is 26.1. The third-order valence-corrected chi connectivity index (χ3v) is 7.16. The summed E-state index contributed by atoms with van der Waals surface area (Å²) < 4.78 is 3.42. The highest BCUT2D eigenvalue weighted by Gasteiger charge is 2.35. The summed E-state index contributed by atoms with van der Waals surface area (Å²) in [4.78, 5) is 41.2. The van der Waals surface area contributed by atoms with Crippen LogP contribution in [0.4, 0.5) is 11.4 Å². The summed E-state index contributed by atoms with van der Waals surface area (Å²) in [6.45, 7) is 1.33. The molecule has 0 spiro atoms. The molecule has 1 aliphatic carbocycles. The lowest BCUT2D eigenvalue weighted by Gasteiger charge is -2.33. The number of carbonyl (C=O) groups is 3. The Kier molecular flexibility index (Phi) is 7.72. The fourth-order valence-electron chi connectivity index (χ4n) is 5.25. The summed E-state index contributed by atoms with van der Waals surface area (Å²) in [6.07, 6.45) is 7.04. The predicted molar refractivity (Wildman–Crippen MR) is 149 cm³/mol. The van der Waals surface area contributed by atoms with Gasteiger partial charge in [-0.05, 0) is 61.4 Å². The maximum absolute atomic E-state index is 14.1. The van der Waals surface area contributed by atoms with Crippen molar-refractivity contribution in [3.63, 3.8) is 0 Å². The third kappa shape index (κ3) is 5.84. The first-order valence-corrected chi connectivity index (χ1v) is 13.3. The van der Waals surface area contributed by atoms with Crippen LogP contribution >= 0.6 is 0 Å². The number of fused-ring (bicyclic) bond motifs is 1. The van der Waals surface area contributed by atoms with E-state index in [9.17, 15) is 14.4 Å². The molecule has 2 N–H and O–H groups in total. The van der Waals surface area contributed by atoms with E-state index in [1.165, 1.54) is 18.2 Å². The Balaban J connectivity index is 1.55. The molecule has 0 saturated heterocycles. The van der Waals surface area contributed by atoms with Crippen LogP contribution in [0.15, 0.2) is 66.9 Å². The minimum absolute atomic E-state index is 0.0763. The van der Waals surface area contributed by atoms with Gasteiger partial charge < -0.3 is 15.2 Å². The summed E-state index contributed by atoms with van der Waals surface area (Å²) in [5.74, 6) is -0.739. The molecule has 1 saturated carbocycles. The van der Waals surface area contributed by atoms with Crippen molar-refractivity contribution >= 4 is 40.1 Å². The van der Waals surface area contributed by atoms with Crippen LogP contribution in [0.5, 0.6) is 0 Å². The molecule has 0 radical (unpaired) electrons. The zero-order valence-corrected chi connectivity index (χ0v) is 22.2. The van der Waals surface area contributed by atoms with Crippen molar-refractivity contribution in [2.24, 2.45) is 7.05 Å². The highest BCUT2D eigenvalue weighted by atomic mass is 16.2. The number of nitrogens with one attached hydrogen (secondary N) is 2. The average molecular weight is 528 g/mol. The summed E-state index contributed by atoms with van der Waals surface area (Å²) in [5.41, 5.74) is 3.23. The molecule has 202 valence electrons. The number of anilines is 2. The second-order valence-corrected chi connectivity index (χ2v) is 10.0. The van der Waals surface area contributed by atoms with Gasteiger partial charge in [-0.25, -0.2) is 4.68 Å². The van der Waals surface area contributed by atoms with Crippen LogP contribution in [0.1, 0.15) is 50.8 Å². The van der Waals surface area contributed by atoms with E-state index in [-0.39, 0.29) is 30.3 Å². The monoisotopic (exact) mass is 527 g/mol. The van der Waals surface area contributed by atoms with E-state index in [1.807, 2.05) is 54.2 Å². The number of nitrogens with zero attached hydrogens (tertiary/aromatic N) is 5. The zero-order valence-electron chi connectivity index (χ0n) is 22.2. The molecule has 1 fully saturated rings. The molecule has 4 aromatic rings. The van der Waals surface area contributed by atoms with Crippen LogP contribution in [0.25, 0.3) is 11.0 Å². The highest BCUT2D eigenvalue weighted by Crippen LogP contribution is 2.31. The van der Waals surface area contributed by atoms with Gasteiger partial charge in [-0.3, -0.25) is 19.3 Å². The number of hydrogen-bond donors (Lipinski definition) is 2. The van der Waals surface area contributed by atoms with Crippen molar-refractivity contribution in [3.8, 4) is 0 Å². The largest absolute Gasteiger partial charge is 0.352 e. The predicted octanol–water partition coefficient (Wildman–Crippen LogP) is 3.95. The van der Waals surface area contributed by atoms with Crippen molar-refractivity contribution in [1.82, 2.24) is 24.9 Å². The number of aryl methyl sites for hydroxylation is 1. The molecule has 39 heavy (non-hydrogen) atoms. The summed E-state index contributed by atoms with van der Waals surface area (Å²) in [7, 11) is 1.86. The van der Waals surface area contributed by atoms with Crippen molar-refractivity contribution in [2.75, 3.05) is 10.2 Å². The summed E-state index contributed by atoms with van der Waals surface area (Å²) >= 11 is 0. The average Bonchev–Trinajstić information content (AvgIpc) is 3.54. The van der Waals surface area contributed by atoms with Gasteiger partial charge in [0.25, 0.3) is 0 Å². The Morgan fingerprint density at radius 3 is 2.44 bits per heavy atom. The molecule has 10 heteroatoms. The molecule has 1 aliphatic rings. The molecule has 1 unspecified atom stereocenters. The number of rotatable bonds is 8. The van der Waals surface area contributed by atoms with Crippen LogP contribution in [-0.2, 0) is 28.0 Å². The van der Waals surface area contributed by atoms with Crippen LogP contribution in [0.3, 0.4) is 0 Å². The lowest BCUT2D eigenvalue weighted by Crippen LogP contribution is -2.48. The van der Waals surface area contributed by atoms with Gasteiger partial charge in [-0.2, -0.15) is 0 Å². The fourth-order valence-corrected chi connectivity index (χ4v) is 5.25. The standard InChI is InChI=1S/C29H33N7O3/c1-20(37)30-22-14-16-23(17-15-22)36(27(38)19-35-25-12-7-6-11-24(25)32-33-35)28(26-13-8-18-34(26)2)29(39)31-21-9-4-3-5-10-21/h6-8,11-18,21,28H,3-5,9-10,19H2,1-2H3,(H,30,37)(H,31,39). The molecule has 0 aliphatic heterocycles. The van der Waals surface area contributed by atoms with E-state index in [4.69, 9.17) is 0 Å². The number of para-hydroxylation sites is 1. The zero-order chi connectivity index (χ0) is 27.4. The van der Waals surface area contributed by atoms with Crippen molar-refractivity contribution in [3.05, 3.63) is 72.6 Å². The van der Waals surface area contributed by atoms with E-state index < -0.39 is 6.04 Å². The topological polar surface area (TPSA) is 114 Å². The molecule has 10 nitrogen and oxygen atoms in total. The quantitative estimate of drug-likeness (QED) is 0.360. The van der Waals surface area contributed by atoms with Gasteiger partial charge in [0, 0.05) is 37.6 Å². The molecule has 0 bridgehead atoms. The number of carbonyl (C=O) groups excluding carboxylic acids is 3. The SMILES string of the molecule is CC(=O)Nc1ccc(N(C(=O)Cn2nnc3ccccc32)C(C(=O)NC2CCCCC2)c2cccn2C)cc1. The molecule has 3 amide bonds. The van der Waals surface area contributed by atoms with Gasteiger partial charge in [-0.15, -0.1) is 5.10 Å². The van der Waals surface area contributed by atoms with Crippen molar-refractivity contribution in [2.45, 2.75) is 57.7 Å². The number of aromatic nitrogens is 4. The molecule has 2 heterocycles. The molecule has 2 aromatic heterocycles. The smallest absolute Gasteiger partial charge is 0.249 e. The Labute approximate surface area is 227 Å². The second kappa shape index (κ2) is 11.5. The maximum atomic E-state index is 14.1. The van der Waals surface area contributed by atoms with Crippen LogP contribution in [0, 0.1) is 0 Å². The first-order valence-electron chi connectivity index (χ1n) is 13.3. The van der Waals surface area contributed by atoms with E-state index in [0.29, 0.717) is 22.6 Å². The molecular formula is C29H33N7O3. The van der Waals surface area contributed by atoms with Crippen LogP contribution < -0.4 is 15.5 Å². The first-order chi connectivity index (χ1) is 18.9. The van der Waals surface area contributed by atoms with E-state index in [2.05, 4.69) is 20.9 Å². The Hall–Kier alpha value is -4.47. The van der Waals surface area contributed by atoms with Gasteiger partial charge in [0.05, 0.1) is 11.2 Å². The Bertz CT molecular complexity index is 1470. The van der Waals surface area contributed by atoms with Gasteiger partial charge in [-0.1, -0.05) is 36.6 Å². The summed E-state index contributed by atoms with van der Waals surface area (Å²) in [6, 6.07) is 17.3. The van der Waals surface area contributed by atoms with Crippen LogP contribution in [-0.4, -0.2) is 43.3 Å². The number of hydrogen-bond acceptors (Lipinski definition) is 5. The molecular weight excluding hydrogens is 494 g/mol. The normalized spacial score (nSPS) is 14.6. The third-order valence-electron chi connectivity index (χ3n) is 7.16. The van der Waals surface area contributed by atoms with Gasteiger partial charge in [0.2, 0.25) is 17.7 Å². The van der Waals surface area contributed by atoms with E-state index in [0.717, 1.165) is 31.2 Å². The maximum Gasteiger partial charge on any atom is 0.249 e. The molecule has 2 aromatic carbocycles.